The normalized spacial score (nSPS) is 20.3. The fraction of sp³-hybridized carbons (Fsp3) is 0.714. The van der Waals surface area contributed by atoms with Crippen molar-refractivity contribution < 1.29 is 27.6 Å². The molecule has 0 radical (unpaired) electrons. The summed E-state index contributed by atoms with van der Waals surface area (Å²) in [6, 6.07) is 1.07. The van der Waals surface area contributed by atoms with Crippen LogP contribution in [0.5, 0.6) is 0 Å². The van der Waals surface area contributed by atoms with Gasteiger partial charge in [-0.3, -0.25) is 15.0 Å². The number of nitrogens with one attached hydrogen (secondary N) is 1. The van der Waals surface area contributed by atoms with Crippen molar-refractivity contribution >= 4 is 11.8 Å². The quantitative estimate of drug-likeness (QED) is 0.879. The van der Waals surface area contributed by atoms with E-state index in [1.807, 2.05) is 0 Å². The van der Waals surface area contributed by atoms with Gasteiger partial charge in [0.1, 0.15) is 0 Å². The minimum Gasteiger partial charge on any atom is -0.383 e. The summed E-state index contributed by atoms with van der Waals surface area (Å²) < 4.78 is 42.5. The number of aryl methyl sites for hydroxylation is 1. The van der Waals surface area contributed by atoms with E-state index < -0.39 is 24.2 Å². The molecule has 1 amide bonds. The molecule has 130 valence electrons. The summed E-state index contributed by atoms with van der Waals surface area (Å²) in [4.78, 5) is 13.9. The van der Waals surface area contributed by atoms with E-state index >= 15 is 0 Å². The number of aliphatic hydroxyl groups excluding tert-OH is 1. The molecule has 0 aromatic carbocycles. The first kappa shape index (κ1) is 17.7. The summed E-state index contributed by atoms with van der Waals surface area (Å²) in [5.41, 5.74) is 0.634. The van der Waals surface area contributed by atoms with Gasteiger partial charge in [0.2, 0.25) is 11.8 Å². The third-order valence-electron chi connectivity index (χ3n) is 4.16. The van der Waals surface area contributed by atoms with Gasteiger partial charge in [0, 0.05) is 6.07 Å². The van der Waals surface area contributed by atoms with Crippen molar-refractivity contribution in [1.82, 2.24) is 10.1 Å². The van der Waals surface area contributed by atoms with Gasteiger partial charge in [0.05, 0.1) is 11.7 Å². The summed E-state index contributed by atoms with van der Waals surface area (Å²) in [6.45, 7) is 4.04. The molecule has 0 bridgehead atoms. The molecule has 23 heavy (non-hydrogen) atoms. The Morgan fingerprint density at radius 1 is 1.48 bits per heavy atom. The molecule has 2 unspecified atom stereocenters. The predicted molar refractivity (Wildman–Crippen MR) is 75.7 cm³/mol. The average Bonchev–Trinajstić information content (AvgIpc) is 2.90. The number of halogens is 3. The summed E-state index contributed by atoms with van der Waals surface area (Å²) >= 11 is 0. The molecule has 2 rings (SSSR count). The number of aliphatic hydroxyl groups is 1. The highest BCUT2D eigenvalue weighted by atomic mass is 19.4. The van der Waals surface area contributed by atoms with Gasteiger partial charge in [-0.1, -0.05) is 5.16 Å². The first-order chi connectivity index (χ1) is 10.7. The van der Waals surface area contributed by atoms with Gasteiger partial charge in [0.15, 0.2) is 6.10 Å². The fourth-order valence-electron chi connectivity index (χ4n) is 2.70. The molecule has 0 saturated carbocycles. The summed E-state index contributed by atoms with van der Waals surface area (Å²) in [5.74, 6) is -0.892. The Balaban J connectivity index is 1.85. The summed E-state index contributed by atoms with van der Waals surface area (Å²) in [6.07, 6.45) is -6.51. The topological polar surface area (TPSA) is 78.6 Å². The van der Waals surface area contributed by atoms with Crippen LogP contribution < -0.4 is 5.32 Å². The zero-order valence-corrected chi connectivity index (χ0v) is 12.9. The molecule has 1 aromatic heterocycles. The molecule has 2 atom stereocenters. The first-order valence-electron chi connectivity index (χ1n) is 7.41. The molecule has 2 N–H and O–H groups in total. The molecule has 0 spiro atoms. The molecule has 1 aliphatic rings. The van der Waals surface area contributed by atoms with Gasteiger partial charge >= 0.3 is 6.18 Å². The maximum Gasteiger partial charge on any atom is 0.414 e. The smallest absolute Gasteiger partial charge is 0.383 e. The SMILES string of the molecule is Cc1cc(NC(=O)C(C)N2CCC(C(O)C(F)(F)F)CC2)on1. The standard InChI is InChI=1S/C14H20F3N3O3/c1-8-7-11(23-19-8)18-13(22)9(2)20-5-3-10(4-6-20)12(21)14(15,16)17/h7,9-10,12,21H,3-6H2,1-2H3,(H,18,22). The van der Waals surface area contributed by atoms with Crippen molar-refractivity contribution in [3.8, 4) is 0 Å². The van der Waals surface area contributed by atoms with Crippen molar-refractivity contribution in [3.63, 3.8) is 0 Å². The van der Waals surface area contributed by atoms with Crippen LogP contribution in [0.2, 0.25) is 0 Å². The highest BCUT2D eigenvalue weighted by molar-refractivity contribution is 5.93. The van der Waals surface area contributed by atoms with E-state index in [9.17, 15) is 23.1 Å². The number of carbonyl (C=O) groups is 1. The number of carbonyl (C=O) groups excluding carboxylic acids is 1. The Morgan fingerprint density at radius 3 is 2.57 bits per heavy atom. The largest absolute Gasteiger partial charge is 0.414 e. The van der Waals surface area contributed by atoms with Crippen LogP contribution >= 0.6 is 0 Å². The summed E-state index contributed by atoms with van der Waals surface area (Å²) in [7, 11) is 0. The first-order valence-corrected chi connectivity index (χ1v) is 7.41. The minimum absolute atomic E-state index is 0.194. The number of piperidine rings is 1. The van der Waals surface area contributed by atoms with Crippen LogP contribution in [0.4, 0.5) is 19.1 Å². The molecular weight excluding hydrogens is 315 g/mol. The number of rotatable bonds is 4. The number of nitrogens with zero attached hydrogens (tertiary/aromatic N) is 2. The van der Waals surface area contributed by atoms with Crippen LogP contribution in [0.3, 0.4) is 0 Å². The van der Waals surface area contributed by atoms with Gasteiger partial charge in [-0.15, -0.1) is 0 Å². The highest BCUT2D eigenvalue weighted by Gasteiger charge is 2.44. The van der Waals surface area contributed by atoms with E-state index in [0.29, 0.717) is 18.8 Å². The van der Waals surface area contributed by atoms with E-state index in [1.54, 1.807) is 24.8 Å². The van der Waals surface area contributed by atoms with Crippen molar-refractivity contribution in [2.75, 3.05) is 18.4 Å². The average molecular weight is 335 g/mol. The number of hydrogen-bond acceptors (Lipinski definition) is 5. The van der Waals surface area contributed by atoms with Gasteiger partial charge in [-0.05, 0) is 45.7 Å². The van der Waals surface area contributed by atoms with E-state index in [4.69, 9.17) is 4.52 Å². The Hall–Kier alpha value is -1.61. The van der Waals surface area contributed by atoms with E-state index in [0.717, 1.165) is 0 Å². The van der Waals surface area contributed by atoms with Crippen LogP contribution in [-0.2, 0) is 4.79 Å². The maximum atomic E-state index is 12.5. The van der Waals surface area contributed by atoms with Gasteiger partial charge in [0.25, 0.3) is 0 Å². The van der Waals surface area contributed by atoms with Crippen molar-refractivity contribution in [1.29, 1.82) is 0 Å². The number of anilines is 1. The van der Waals surface area contributed by atoms with E-state index in [2.05, 4.69) is 10.5 Å². The summed E-state index contributed by atoms with van der Waals surface area (Å²) in [5, 5.41) is 15.5. The van der Waals surface area contributed by atoms with Crippen molar-refractivity contribution in [3.05, 3.63) is 11.8 Å². The minimum atomic E-state index is -4.60. The van der Waals surface area contributed by atoms with Crippen LogP contribution in [0.1, 0.15) is 25.5 Å². The molecule has 9 heteroatoms. The Labute approximate surface area is 131 Å². The van der Waals surface area contributed by atoms with Gasteiger partial charge < -0.3 is 9.63 Å². The van der Waals surface area contributed by atoms with Gasteiger partial charge in [-0.25, -0.2) is 0 Å². The van der Waals surface area contributed by atoms with E-state index in [1.165, 1.54) is 0 Å². The predicted octanol–water partition coefficient (Wildman–Crippen LogP) is 1.95. The maximum absolute atomic E-state index is 12.5. The Morgan fingerprint density at radius 2 is 2.09 bits per heavy atom. The zero-order valence-electron chi connectivity index (χ0n) is 12.9. The second-order valence-electron chi connectivity index (χ2n) is 5.86. The third kappa shape index (κ3) is 4.44. The molecule has 2 heterocycles. The molecule has 1 aliphatic heterocycles. The molecule has 1 aromatic rings. The van der Waals surface area contributed by atoms with Crippen molar-refractivity contribution in [2.45, 2.75) is 45.0 Å². The molecule has 1 fully saturated rings. The zero-order chi connectivity index (χ0) is 17.2. The number of hydrogen-bond donors (Lipinski definition) is 2. The number of aromatic nitrogens is 1. The lowest BCUT2D eigenvalue weighted by molar-refractivity contribution is -0.223. The van der Waals surface area contributed by atoms with Crippen LogP contribution in [-0.4, -0.2) is 52.5 Å². The van der Waals surface area contributed by atoms with E-state index in [-0.39, 0.29) is 24.6 Å². The lowest BCUT2D eigenvalue weighted by Crippen LogP contribution is -2.49. The van der Waals surface area contributed by atoms with Crippen molar-refractivity contribution in [2.24, 2.45) is 5.92 Å². The second kappa shape index (κ2) is 6.88. The second-order valence-corrected chi connectivity index (χ2v) is 5.86. The highest BCUT2D eigenvalue weighted by Crippen LogP contribution is 2.32. The van der Waals surface area contributed by atoms with Crippen LogP contribution in [0.15, 0.2) is 10.6 Å². The van der Waals surface area contributed by atoms with Gasteiger partial charge in [-0.2, -0.15) is 13.2 Å². The number of amides is 1. The third-order valence-corrected chi connectivity index (χ3v) is 4.16. The number of likely N-dealkylation sites (tertiary alicyclic amines) is 1. The molecular formula is C14H20F3N3O3. The monoisotopic (exact) mass is 335 g/mol. The fourth-order valence-corrected chi connectivity index (χ4v) is 2.70. The molecule has 0 aliphatic carbocycles. The number of alkyl halides is 3. The molecule has 6 nitrogen and oxygen atoms in total. The lowest BCUT2D eigenvalue weighted by Gasteiger charge is -2.37. The van der Waals surface area contributed by atoms with Crippen LogP contribution in [0, 0.1) is 12.8 Å². The molecule has 1 saturated heterocycles. The Bertz CT molecular complexity index is 539. The Kier molecular flexibility index (Phi) is 5.30. The lowest BCUT2D eigenvalue weighted by atomic mass is 9.90. The van der Waals surface area contributed by atoms with Crippen LogP contribution in [0.25, 0.3) is 0 Å².